The number of nitrogens with zero attached hydrogens (tertiary/aromatic N) is 2. The predicted octanol–water partition coefficient (Wildman–Crippen LogP) is 3.74. The van der Waals surface area contributed by atoms with E-state index in [1.54, 1.807) is 7.11 Å². The smallest absolute Gasteiger partial charge is 0.293 e. The van der Waals surface area contributed by atoms with Gasteiger partial charge in [0.25, 0.3) is 5.69 Å². The number of nitro groups is 1. The Kier molecular flexibility index (Phi) is 12.5. The molecule has 0 spiro atoms. The molecule has 260 valence electrons. The van der Waals surface area contributed by atoms with Gasteiger partial charge in [-0.25, -0.2) is 0 Å². The van der Waals surface area contributed by atoms with Gasteiger partial charge in [-0.1, -0.05) is 42.8 Å². The highest BCUT2D eigenvalue weighted by molar-refractivity contribution is 6.26. The van der Waals surface area contributed by atoms with Crippen molar-refractivity contribution >= 4 is 22.9 Å². The van der Waals surface area contributed by atoms with Gasteiger partial charge in [-0.2, -0.15) is 0 Å². The average molecular weight is 672 g/mol. The molecule has 1 saturated heterocycles. The largest absolute Gasteiger partial charge is 0.496 e. The van der Waals surface area contributed by atoms with E-state index in [4.69, 9.17) is 15.2 Å². The van der Waals surface area contributed by atoms with Gasteiger partial charge in [0.1, 0.15) is 17.1 Å². The monoisotopic (exact) mass is 671 g/mol. The van der Waals surface area contributed by atoms with Crippen molar-refractivity contribution in [2.24, 2.45) is 5.73 Å². The number of unbranched alkanes of at least 4 members (excludes halogenated alkanes) is 2. The number of carbonyl (C=O) groups excluding carboxylic acids is 2. The maximum Gasteiger partial charge on any atom is 0.293 e. The van der Waals surface area contributed by atoms with Crippen LogP contribution in [-0.2, 0) is 17.6 Å². The van der Waals surface area contributed by atoms with Crippen molar-refractivity contribution in [3.8, 4) is 16.9 Å². The van der Waals surface area contributed by atoms with E-state index in [9.17, 15) is 19.7 Å². The van der Waals surface area contributed by atoms with Crippen molar-refractivity contribution in [1.82, 2.24) is 10.2 Å². The molecule has 12 heteroatoms. The van der Waals surface area contributed by atoms with E-state index in [2.05, 4.69) is 51.6 Å². The van der Waals surface area contributed by atoms with Crippen LogP contribution >= 0.6 is 0 Å². The van der Waals surface area contributed by atoms with Crippen LogP contribution in [0.3, 0.4) is 0 Å². The fourth-order valence-electron chi connectivity index (χ4n) is 6.30. The minimum atomic E-state index is -0.550. The Hall–Kier alpha value is -4.62. The Labute approximate surface area is 287 Å². The molecule has 3 aromatic rings. The summed E-state index contributed by atoms with van der Waals surface area (Å²) in [7, 11) is 1.70. The third-order valence-electron chi connectivity index (χ3n) is 9.11. The zero-order valence-electron chi connectivity index (χ0n) is 28.2. The third-order valence-corrected chi connectivity index (χ3v) is 9.11. The molecule has 12 nitrogen and oxygen atoms in total. The van der Waals surface area contributed by atoms with Crippen molar-refractivity contribution in [3.63, 3.8) is 0 Å². The number of aryl methyl sites for hydroxylation is 1. The first-order valence-corrected chi connectivity index (χ1v) is 17.0. The SMILES string of the molecule is COc1cc(CCCN2CCOCC2)ccc1-c1ccc(CCNC2=C([NH3+])C(=O)c3cc([N+](=O)[O-])c(NCCCCCN)cc3C2=O)cc1. The molecule has 7 N–H and O–H groups in total. The maximum absolute atomic E-state index is 13.5. The van der Waals surface area contributed by atoms with Crippen LogP contribution in [-0.4, -0.2) is 81.0 Å². The fraction of sp³-hybridized carbons (Fsp3) is 0.405. The number of anilines is 1. The number of rotatable bonds is 17. The van der Waals surface area contributed by atoms with Crippen LogP contribution in [0.1, 0.15) is 57.5 Å². The van der Waals surface area contributed by atoms with Crippen molar-refractivity contribution in [2.75, 3.05) is 64.9 Å². The van der Waals surface area contributed by atoms with Crippen molar-refractivity contribution in [2.45, 2.75) is 38.5 Å². The van der Waals surface area contributed by atoms with Crippen molar-refractivity contribution in [1.29, 1.82) is 0 Å². The average Bonchev–Trinajstić information content (AvgIpc) is 3.12. The summed E-state index contributed by atoms with van der Waals surface area (Å²) in [5.74, 6) is -0.0759. The van der Waals surface area contributed by atoms with Gasteiger partial charge in [-0.15, -0.1) is 0 Å². The number of morpholine rings is 1. The molecule has 1 heterocycles. The Morgan fingerprint density at radius 3 is 2.33 bits per heavy atom. The number of quaternary nitrogens is 1. The van der Waals surface area contributed by atoms with Gasteiger partial charge in [0.05, 0.1) is 25.2 Å². The van der Waals surface area contributed by atoms with Gasteiger partial charge in [-0.3, -0.25) is 24.6 Å². The topological polar surface area (TPSA) is 177 Å². The van der Waals surface area contributed by atoms with Crippen LogP contribution in [0.25, 0.3) is 11.1 Å². The number of hydrogen-bond acceptors (Lipinski definition) is 10. The van der Waals surface area contributed by atoms with E-state index < -0.39 is 16.5 Å². The maximum atomic E-state index is 13.5. The molecule has 0 unspecified atom stereocenters. The molecular formula is C37H47N6O6+. The molecule has 0 atom stereocenters. The quantitative estimate of drug-likeness (QED) is 0.0940. The van der Waals surface area contributed by atoms with Crippen LogP contribution < -0.4 is 26.8 Å². The number of hydrogen-bond donors (Lipinski definition) is 4. The normalized spacial score (nSPS) is 14.9. The predicted molar refractivity (Wildman–Crippen MR) is 189 cm³/mol. The van der Waals surface area contributed by atoms with E-state index in [0.29, 0.717) is 26.1 Å². The highest BCUT2D eigenvalue weighted by atomic mass is 16.6. The number of nitrogens with one attached hydrogen (secondary N) is 2. The number of carbonyl (C=O) groups is 2. The highest BCUT2D eigenvalue weighted by Gasteiger charge is 2.36. The number of ketones is 2. The molecule has 49 heavy (non-hydrogen) atoms. The van der Waals surface area contributed by atoms with E-state index in [1.165, 1.54) is 17.7 Å². The highest BCUT2D eigenvalue weighted by Crippen LogP contribution is 2.34. The number of ether oxygens (including phenoxy) is 2. The Morgan fingerprint density at radius 2 is 1.61 bits per heavy atom. The molecule has 2 aliphatic rings. The molecule has 5 rings (SSSR count). The van der Waals surface area contributed by atoms with E-state index in [0.717, 1.165) is 87.4 Å². The second-order valence-corrected chi connectivity index (χ2v) is 12.4. The van der Waals surface area contributed by atoms with Crippen molar-refractivity contribution < 1.29 is 29.7 Å². The fourth-order valence-corrected chi connectivity index (χ4v) is 6.30. The lowest BCUT2D eigenvalue weighted by atomic mass is 9.89. The zero-order valence-corrected chi connectivity index (χ0v) is 28.2. The summed E-state index contributed by atoms with van der Waals surface area (Å²) in [5, 5.41) is 18.0. The van der Waals surface area contributed by atoms with E-state index in [1.807, 2.05) is 12.1 Å². The zero-order chi connectivity index (χ0) is 34.8. The van der Waals surface area contributed by atoms with Gasteiger partial charge in [0.15, 0.2) is 0 Å². The Bertz CT molecular complexity index is 1680. The minimum Gasteiger partial charge on any atom is -0.496 e. The Balaban J connectivity index is 1.19. The molecule has 1 aliphatic heterocycles. The van der Waals surface area contributed by atoms with E-state index >= 15 is 0 Å². The van der Waals surface area contributed by atoms with Crippen LogP contribution in [0, 0.1) is 10.1 Å². The number of benzene rings is 3. The summed E-state index contributed by atoms with van der Waals surface area (Å²) >= 11 is 0. The summed E-state index contributed by atoms with van der Waals surface area (Å²) in [6, 6.07) is 17.2. The van der Waals surface area contributed by atoms with Crippen molar-refractivity contribution in [3.05, 3.63) is 98.4 Å². The summed E-state index contributed by atoms with van der Waals surface area (Å²) in [6.07, 6.45) is 5.17. The lowest BCUT2D eigenvalue weighted by molar-refractivity contribution is -0.384. The lowest BCUT2D eigenvalue weighted by Crippen LogP contribution is -2.56. The molecule has 1 aliphatic carbocycles. The van der Waals surface area contributed by atoms with E-state index in [-0.39, 0.29) is 33.9 Å². The van der Waals surface area contributed by atoms with Crippen LogP contribution in [0.2, 0.25) is 0 Å². The second-order valence-electron chi connectivity index (χ2n) is 12.4. The number of nitrogens with two attached hydrogens (primary N) is 1. The van der Waals surface area contributed by atoms with Crippen LogP contribution in [0.5, 0.6) is 5.75 Å². The Morgan fingerprint density at radius 1 is 0.878 bits per heavy atom. The number of methoxy groups -OCH3 is 1. The van der Waals surface area contributed by atoms with Gasteiger partial charge >= 0.3 is 0 Å². The summed E-state index contributed by atoms with van der Waals surface area (Å²) < 4.78 is 11.2. The van der Waals surface area contributed by atoms with Crippen LogP contribution in [0.15, 0.2) is 66.0 Å². The molecule has 0 aromatic heterocycles. The summed E-state index contributed by atoms with van der Waals surface area (Å²) in [5.41, 5.74) is 13.9. The number of nitro benzene ring substituents is 1. The number of allylic oxidation sites excluding steroid dienone is 2. The first kappa shape index (κ1) is 35.7. The molecule has 0 amide bonds. The molecule has 0 saturated carbocycles. The summed E-state index contributed by atoms with van der Waals surface area (Å²) in [4.78, 5) is 40.4. The first-order chi connectivity index (χ1) is 23.8. The second kappa shape index (κ2) is 17.2. The molecule has 3 aromatic carbocycles. The van der Waals surface area contributed by atoms with Gasteiger partial charge in [-0.05, 0) is 74.0 Å². The van der Waals surface area contributed by atoms with Crippen LogP contribution in [0.4, 0.5) is 11.4 Å². The minimum absolute atomic E-state index is 0.00118. The molecule has 1 fully saturated rings. The molecular weight excluding hydrogens is 624 g/mol. The standard InChI is InChI=1S/C37H46N6O6/c1-48-33-22-26(6-5-17-42-18-20-49-21-19-42)9-12-28(33)27-10-7-25(8-11-27)13-16-41-35-34(39)36(44)30-24-32(43(46)47)31(23-29(30)37(35)45)40-15-4-2-3-14-38/h7-12,22-24,40-41H,2-6,13-21,38-39H2,1H3/p+1. The molecule has 0 bridgehead atoms. The van der Waals surface area contributed by atoms with Gasteiger partial charge in [0, 0.05) is 48.9 Å². The molecule has 0 radical (unpaired) electrons. The van der Waals surface area contributed by atoms with Gasteiger partial charge in [0.2, 0.25) is 17.3 Å². The first-order valence-electron chi connectivity index (χ1n) is 17.0. The number of fused-ring (bicyclic) bond motifs is 1. The summed E-state index contributed by atoms with van der Waals surface area (Å²) in [6.45, 7) is 6.15. The lowest BCUT2D eigenvalue weighted by Gasteiger charge is -2.26. The third kappa shape index (κ3) is 8.90. The number of Topliss-reactive ketones (excluding diaryl/α,β-unsaturated/α-hetero) is 2. The van der Waals surface area contributed by atoms with Gasteiger partial charge < -0.3 is 31.6 Å².